The summed E-state index contributed by atoms with van der Waals surface area (Å²) in [5.41, 5.74) is 0. The summed E-state index contributed by atoms with van der Waals surface area (Å²) in [7, 11) is 1.96. The van der Waals surface area contributed by atoms with Gasteiger partial charge in [0, 0.05) is 39.1 Å². The Morgan fingerprint density at radius 3 is 3.09 bits per heavy atom. The quantitative estimate of drug-likeness (QED) is 0.930. The van der Waals surface area contributed by atoms with Crippen LogP contribution in [0.2, 0.25) is 0 Å². The third-order valence-corrected chi connectivity index (χ3v) is 4.93. The number of amides is 1. The van der Waals surface area contributed by atoms with Crippen LogP contribution in [-0.4, -0.2) is 45.0 Å². The van der Waals surface area contributed by atoms with Gasteiger partial charge in [-0.15, -0.1) is 11.3 Å². The molecule has 0 aromatic carbocycles. The molecule has 0 radical (unpaired) electrons. The van der Waals surface area contributed by atoms with Gasteiger partial charge in [0.25, 0.3) is 5.91 Å². The summed E-state index contributed by atoms with van der Waals surface area (Å²) in [4.78, 5) is 24.3. The molecule has 1 fully saturated rings. The Labute approximate surface area is 134 Å². The van der Waals surface area contributed by atoms with E-state index >= 15 is 0 Å². The van der Waals surface area contributed by atoms with E-state index in [4.69, 9.17) is 0 Å². The van der Waals surface area contributed by atoms with E-state index in [2.05, 4.69) is 22.2 Å². The van der Waals surface area contributed by atoms with E-state index in [1.165, 1.54) is 11.3 Å². The van der Waals surface area contributed by atoms with Crippen LogP contribution in [0.4, 0.5) is 0 Å². The lowest BCUT2D eigenvalue weighted by molar-refractivity contribution is 0.0625. The number of imidazole rings is 1. The number of aryl methyl sites for hydroxylation is 2. The Balaban J connectivity index is 1.83. The van der Waals surface area contributed by atoms with Gasteiger partial charge in [-0.2, -0.15) is 0 Å². The summed E-state index contributed by atoms with van der Waals surface area (Å²) in [6.07, 6.45) is 7.39. The van der Waals surface area contributed by atoms with Crippen molar-refractivity contribution in [3.63, 3.8) is 0 Å². The molecule has 0 bridgehead atoms. The third-order valence-electron chi connectivity index (χ3n) is 3.89. The number of carbonyl (C=O) groups is 1. The lowest BCUT2D eigenvalue weighted by Gasteiger charge is -2.35. The number of thiazole rings is 1. The van der Waals surface area contributed by atoms with Crippen LogP contribution in [0.3, 0.4) is 0 Å². The van der Waals surface area contributed by atoms with E-state index in [0.717, 1.165) is 41.6 Å². The fourth-order valence-corrected chi connectivity index (χ4v) is 3.73. The van der Waals surface area contributed by atoms with Gasteiger partial charge in [-0.05, 0) is 12.8 Å². The Morgan fingerprint density at radius 2 is 2.36 bits per heavy atom. The largest absolute Gasteiger partial charge is 0.336 e. The Bertz CT molecular complexity index is 650. The van der Waals surface area contributed by atoms with Crippen molar-refractivity contribution in [2.75, 3.05) is 19.6 Å². The maximum atomic E-state index is 12.9. The number of nitrogens with zero attached hydrogens (tertiary/aromatic N) is 4. The molecular weight excluding hydrogens is 298 g/mol. The molecule has 1 aliphatic heterocycles. The van der Waals surface area contributed by atoms with Crippen molar-refractivity contribution in [2.24, 2.45) is 7.05 Å². The highest BCUT2D eigenvalue weighted by molar-refractivity contribution is 7.13. The van der Waals surface area contributed by atoms with Gasteiger partial charge in [-0.3, -0.25) is 4.79 Å². The molecule has 3 heterocycles. The predicted molar refractivity (Wildman–Crippen MR) is 86.0 cm³/mol. The summed E-state index contributed by atoms with van der Waals surface area (Å²) < 4.78 is 1.98. The van der Waals surface area contributed by atoms with E-state index in [1.54, 1.807) is 12.4 Å². The molecule has 0 spiro atoms. The molecule has 7 heteroatoms. The second-order valence-electron chi connectivity index (χ2n) is 5.48. The van der Waals surface area contributed by atoms with Gasteiger partial charge in [0.2, 0.25) is 0 Å². The third kappa shape index (κ3) is 2.91. The van der Waals surface area contributed by atoms with Crippen LogP contribution in [0.1, 0.15) is 39.9 Å². The molecule has 2 aromatic rings. The lowest BCUT2D eigenvalue weighted by atomic mass is 10.1. The fourth-order valence-electron chi connectivity index (χ4n) is 2.76. The molecule has 1 saturated heterocycles. The Morgan fingerprint density at radius 1 is 1.50 bits per heavy atom. The van der Waals surface area contributed by atoms with E-state index < -0.39 is 0 Å². The number of piperazine rings is 1. The van der Waals surface area contributed by atoms with Crippen molar-refractivity contribution in [2.45, 2.75) is 25.8 Å². The van der Waals surface area contributed by atoms with Gasteiger partial charge >= 0.3 is 0 Å². The molecule has 1 unspecified atom stereocenters. The first-order valence-electron chi connectivity index (χ1n) is 7.64. The highest BCUT2D eigenvalue weighted by Gasteiger charge is 2.31. The first-order chi connectivity index (χ1) is 10.7. The molecule has 3 rings (SSSR count). The average Bonchev–Trinajstić information content (AvgIpc) is 3.16. The van der Waals surface area contributed by atoms with Crippen molar-refractivity contribution >= 4 is 17.2 Å². The van der Waals surface area contributed by atoms with Gasteiger partial charge in [0.1, 0.15) is 16.7 Å². The zero-order valence-corrected chi connectivity index (χ0v) is 13.8. The van der Waals surface area contributed by atoms with Gasteiger partial charge in [0.05, 0.1) is 11.2 Å². The zero-order valence-electron chi connectivity index (χ0n) is 13.0. The molecule has 1 N–H and O–H groups in total. The highest BCUT2D eigenvalue weighted by atomic mass is 32.1. The molecule has 0 saturated carbocycles. The summed E-state index contributed by atoms with van der Waals surface area (Å²) in [6.45, 7) is 4.36. The smallest absolute Gasteiger partial charge is 0.266 e. The van der Waals surface area contributed by atoms with Crippen LogP contribution in [0, 0.1) is 0 Å². The number of carbonyl (C=O) groups excluding carboxylic acids is 1. The number of hydrogen-bond acceptors (Lipinski definition) is 5. The van der Waals surface area contributed by atoms with E-state index in [1.807, 2.05) is 22.7 Å². The first-order valence-corrected chi connectivity index (χ1v) is 8.46. The van der Waals surface area contributed by atoms with Crippen LogP contribution in [0.15, 0.2) is 18.6 Å². The minimum Gasteiger partial charge on any atom is -0.336 e. The predicted octanol–water partition coefficient (Wildman–Crippen LogP) is 1.62. The molecule has 1 amide bonds. The van der Waals surface area contributed by atoms with Gasteiger partial charge in [-0.1, -0.05) is 6.92 Å². The standard InChI is InChI=1S/C15H21N5OS/c1-3-4-13-18-10-12(22-13)15(21)20-8-5-16-9-11(20)14-17-6-7-19(14)2/h6-7,10-11,16H,3-5,8-9H2,1-2H3. The van der Waals surface area contributed by atoms with E-state index in [-0.39, 0.29) is 11.9 Å². The van der Waals surface area contributed by atoms with Gasteiger partial charge in [0.15, 0.2) is 0 Å². The minimum absolute atomic E-state index is 0.0297. The van der Waals surface area contributed by atoms with Crippen molar-refractivity contribution in [3.8, 4) is 0 Å². The van der Waals surface area contributed by atoms with Crippen molar-refractivity contribution in [1.82, 2.24) is 24.8 Å². The fraction of sp³-hybridized carbons (Fsp3) is 0.533. The summed E-state index contributed by atoms with van der Waals surface area (Å²) >= 11 is 1.51. The Kier molecular flexibility index (Phi) is 4.54. The topological polar surface area (TPSA) is 63.1 Å². The molecule has 118 valence electrons. The number of rotatable bonds is 4. The molecule has 1 aliphatic rings. The normalized spacial score (nSPS) is 18.6. The van der Waals surface area contributed by atoms with E-state index in [9.17, 15) is 4.79 Å². The SMILES string of the molecule is CCCc1ncc(C(=O)N2CCNCC2c2nccn2C)s1. The molecular formula is C15H21N5OS. The number of nitrogens with one attached hydrogen (secondary N) is 1. The average molecular weight is 319 g/mol. The van der Waals surface area contributed by atoms with Gasteiger partial charge < -0.3 is 14.8 Å². The van der Waals surface area contributed by atoms with Crippen LogP contribution in [-0.2, 0) is 13.5 Å². The van der Waals surface area contributed by atoms with Crippen LogP contribution in [0.25, 0.3) is 0 Å². The van der Waals surface area contributed by atoms with Gasteiger partial charge in [-0.25, -0.2) is 9.97 Å². The highest BCUT2D eigenvalue weighted by Crippen LogP contribution is 2.25. The molecule has 2 aromatic heterocycles. The lowest BCUT2D eigenvalue weighted by Crippen LogP contribution is -2.49. The zero-order chi connectivity index (χ0) is 15.5. The maximum absolute atomic E-state index is 12.9. The molecule has 22 heavy (non-hydrogen) atoms. The number of hydrogen-bond donors (Lipinski definition) is 1. The molecule has 1 atom stereocenters. The molecule has 6 nitrogen and oxygen atoms in total. The second-order valence-corrected chi connectivity index (χ2v) is 6.60. The van der Waals surface area contributed by atoms with Crippen LogP contribution in [0.5, 0.6) is 0 Å². The summed E-state index contributed by atoms with van der Waals surface area (Å²) in [5, 5.41) is 4.39. The van der Waals surface area contributed by atoms with Crippen molar-refractivity contribution in [1.29, 1.82) is 0 Å². The maximum Gasteiger partial charge on any atom is 0.266 e. The Hall–Kier alpha value is -1.73. The van der Waals surface area contributed by atoms with Crippen LogP contribution < -0.4 is 5.32 Å². The van der Waals surface area contributed by atoms with Crippen molar-refractivity contribution in [3.05, 3.63) is 34.3 Å². The second kappa shape index (κ2) is 6.58. The number of aromatic nitrogens is 3. The van der Waals surface area contributed by atoms with Crippen LogP contribution >= 0.6 is 11.3 Å². The summed E-state index contributed by atoms with van der Waals surface area (Å²) in [6, 6.07) is -0.0297. The minimum atomic E-state index is -0.0297. The summed E-state index contributed by atoms with van der Waals surface area (Å²) in [5.74, 6) is 0.980. The van der Waals surface area contributed by atoms with E-state index in [0.29, 0.717) is 6.54 Å². The molecule has 0 aliphatic carbocycles. The monoisotopic (exact) mass is 319 g/mol. The van der Waals surface area contributed by atoms with Crippen molar-refractivity contribution < 1.29 is 4.79 Å². The first kappa shape index (κ1) is 15.2.